The Labute approximate surface area is 166 Å². The van der Waals surface area contributed by atoms with E-state index in [0.29, 0.717) is 50.3 Å². The zero-order valence-corrected chi connectivity index (χ0v) is 17.3. The van der Waals surface area contributed by atoms with Crippen LogP contribution in [0, 0.1) is 12.8 Å². The first-order valence-electron chi connectivity index (χ1n) is 9.90. The second-order valence-electron chi connectivity index (χ2n) is 7.44. The molecule has 8 heteroatoms. The molecule has 28 heavy (non-hydrogen) atoms. The minimum absolute atomic E-state index is 0.137. The lowest BCUT2D eigenvalue weighted by Gasteiger charge is -2.32. The van der Waals surface area contributed by atoms with E-state index in [-0.39, 0.29) is 23.5 Å². The van der Waals surface area contributed by atoms with Crippen LogP contribution in [0.25, 0.3) is 0 Å². The largest absolute Gasteiger partial charge is 0.466 e. The molecule has 1 amide bonds. The summed E-state index contributed by atoms with van der Waals surface area (Å²) >= 11 is 0. The molecule has 0 unspecified atom stereocenters. The van der Waals surface area contributed by atoms with E-state index in [9.17, 15) is 18.0 Å². The zero-order valence-electron chi connectivity index (χ0n) is 16.5. The molecular weight excluding hydrogens is 380 g/mol. The Bertz CT molecular complexity index is 852. The van der Waals surface area contributed by atoms with E-state index in [1.165, 1.54) is 4.31 Å². The molecule has 0 spiro atoms. The monoisotopic (exact) mass is 408 g/mol. The normalized spacial score (nSPS) is 22.0. The molecule has 7 nitrogen and oxygen atoms in total. The van der Waals surface area contributed by atoms with Gasteiger partial charge in [-0.2, -0.15) is 0 Å². The SMILES string of the molecule is CCOC(=O)[C@@H]1CCCN(C(=O)c2ccc(C)c(N3CCCCS3(=O)=O)c2)C1. The Morgan fingerprint density at radius 1 is 1.18 bits per heavy atom. The van der Waals surface area contributed by atoms with Gasteiger partial charge in [-0.05, 0) is 57.2 Å². The number of carbonyl (C=O) groups excluding carboxylic acids is 2. The van der Waals surface area contributed by atoms with E-state index in [4.69, 9.17) is 4.74 Å². The van der Waals surface area contributed by atoms with Gasteiger partial charge in [0.2, 0.25) is 10.0 Å². The molecule has 2 fully saturated rings. The number of rotatable bonds is 4. The molecule has 1 atom stereocenters. The van der Waals surface area contributed by atoms with Gasteiger partial charge >= 0.3 is 5.97 Å². The van der Waals surface area contributed by atoms with Crippen LogP contribution in [0.2, 0.25) is 0 Å². The van der Waals surface area contributed by atoms with Crippen LogP contribution in [0.5, 0.6) is 0 Å². The molecular formula is C20H28N2O5S. The third kappa shape index (κ3) is 4.32. The van der Waals surface area contributed by atoms with Gasteiger partial charge in [0.25, 0.3) is 5.91 Å². The third-order valence-electron chi connectivity index (χ3n) is 5.40. The first-order valence-corrected chi connectivity index (χ1v) is 11.5. The predicted octanol–water partition coefficient (Wildman–Crippen LogP) is 2.34. The summed E-state index contributed by atoms with van der Waals surface area (Å²) in [5.74, 6) is -0.600. The number of sulfonamides is 1. The summed E-state index contributed by atoms with van der Waals surface area (Å²) in [4.78, 5) is 26.8. The summed E-state index contributed by atoms with van der Waals surface area (Å²) in [6.45, 7) is 5.31. The molecule has 2 aliphatic rings. The lowest BCUT2D eigenvalue weighted by Crippen LogP contribution is -2.43. The molecule has 0 saturated carbocycles. The van der Waals surface area contributed by atoms with Crippen LogP contribution in [0.4, 0.5) is 5.69 Å². The van der Waals surface area contributed by atoms with Crippen LogP contribution in [0.1, 0.15) is 48.5 Å². The first kappa shape index (κ1) is 20.6. The Kier molecular flexibility index (Phi) is 6.27. The van der Waals surface area contributed by atoms with Crippen molar-refractivity contribution in [1.82, 2.24) is 4.90 Å². The number of ether oxygens (including phenoxy) is 1. The fraction of sp³-hybridized carbons (Fsp3) is 0.600. The number of likely N-dealkylation sites (tertiary alicyclic amines) is 1. The average Bonchev–Trinajstić information content (AvgIpc) is 2.68. The fourth-order valence-corrected chi connectivity index (χ4v) is 5.56. The van der Waals surface area contributed by atoms with Gasteiger partial charge in [0.1, 0.15) is 0 Å². The van der Waals surface area contributed by atoms with Crippen molar-refractivity contribution in [2.75, 3.05) is 36.3 Å². The highest BCUT2D eigenvalue weighted by Crippen LogP contribution is 2.29. The Balaban J connectivity index is 1.82. The van der Waals surface area contributed by atoms with Gasteiger partial charge in [-0.15, -0.1) is 0 Å². The average molecular weight is 409 g/mol. The van der Waals surface area contributed by atoms with Gasteiger partial charge < -0.3 is 9.64 Å². The number of aryl methyl sites for hydroxylation is 1. The minimum atomic E-state index is -3.35. The molecule has 2 saturated heterocycles. The number of hydrogen-bond donors (Lipinski definition) is 0. The van der Waals surface area contributed by atoms with Crippen molar-refractivity contribution in [3.63, 3.8) is 0 Å². The van der Waals surface area contributed by atoms with Crippen molar-refractivity contribution in [1.29, 1.82) is 0 Å². The molecule has 0 radical (unpaired) electrons. The lowest BCUT2D eigenvalue weighted by molar-refractivity contribution is -0.149. The molecule has 1 aromatic carbocycles. The van der Waals surface area contributed by atoms with Crippen molar-refractivity contribution in [2.24, 2.45) is 5.92 Å². The highest BCUT2D eigenvalue weighted by atomic mass is 32.2. The van der Waals surface area contributed by atoms with Crippen molar-refractivity contribution in [3.05, 3.63) is 29.3 Å². The summed E-state index contributed by atoms with van der Waals surface area (Å²) in [7, 11) is -3.35. The van der Waals surface area contributed by atoms with E-state index in [0.717, 1.165) is 18.4 Å². The third-order valence-corrected chi connectivity index (χ3v) is 7.26. The van der Waals surface area contributed by atoms with Crippen LogP contribution in [-0.4, -0.2) is 57.2 Å². The lowest BCUT2D eigenvalue weighted by atomic mass is 9.97. The molecule has 2 aliphatic heterocycles. The Morgan fingerprint density at radius 3 is 2.68 bits per heavy atom. The Hall–Kier alpha value is -2.09. The van der Waals surface area contributed by atoms with Gasteiger partial charge in [-0.25, -0.2) is 8.42 Å². The van der Waals surface area contributed by atoms with Crippen LogP contribution in [-0.2, 0) is 19.6 Å². The molecule has 0 aromatic heterocycles. The number of nitrogens with zero attached hydrogens (tertiary/aromatic N) is 2. The fourth-order valence-electron chi connectivity index (χ4n) is 3.87. The van der Waals surface area contributed by atoms with E-state index in [2.05, 4.69) is 0 Å². The molecule has 3 rings (SSSR count). The van der Waals surface area contributed by atoms with E-state index in [1.54, 1.807) is 30.0 Å². The molecule has 0 bridgehead atoms. The van der Waals surface area contributed by atoms with Gasteiger partial charge in [-0.3, -0.25) is 13.9 Å². The quantitative estimate of drug-likeness (QED) is 0.714. The van der Waals surface area contributed by atoms with E-state index < -0.39 is 10.0 Å². The summed E-state index contributed by atoms with van der Waals surface area (Å²) < 4.78 is 31.5. The van der Waals surface area contributed by atoms with Gasteiger partial charge in [0.05, 0.1) is 24.0 Å². The number of esters is 1. The summed E-state index contributed by atoms with van der Waals surface area (Å²) in [5, 5.41) is 0. The number of anilines is 1. The second kappa shape index (κ2) is 8.51. The predicted molar refractivity (Wildman–Crippen MR) is 107 cm³/mol. The molecule has 0 aliphatic carbocycles. The number of piperidine rings is 1. The standard InChI is InChI=1S/C20H28N2O5S/c1-3-27-20(24)17-7-6-10-21(14-17)19(23)16-9-8-15(2)18(13-16)22-11-4-5-12-28(22,25)26/h8-9,13,17H,3-7,10-12,14H2,1-2H3/t17-/m1/s1. The Morgan fingerprint density at radius 2 is 1.96 bits per heavy atom. The van der Waals surface area contributed by atoms with Gasteiger partial charge in [0, 0.05) is 25.2 Å². The molecule has 154 valence electrons. The first-order chi connectivity index (χ1) is 13.3. The maximum Gasteiger partial charge on any atom is 0.310 e. The number of benzene rings is 1. The zero-order chi connectivity index (χ0) is 20.3. The van der Waals surface area contributed by atoms with Crippen molar-refractivity contribution in [3.8, 4) is 0 Å². The van der Waals surface area contributed by atoms with E-state index >= 15 is 0 Å². The maximum atomic E-state index is 13.0. The minimum Gasteiger partial charge on any atom is -0.466 e. The van der Waals surface area contributed by atoms with Crippen LogP contribution in [0.15, 0.2) is 18.2 Å². The van der Waals surface area contributed by atoms with Gasteiger partial charge in [0.15, 0.2) is 0 Å². The molecule has 2 heterocycles. The van der Waals surface area contributed by atoms with Crippen LogP contribution < -0.4 is 4.31 Å². The summed E-state index contributed by atoms with van der Waals surface area (Å²) in [5.41, 5.74) is 1.85. The topological polar surface area (TPSA) is 84.0 Å². The number of hydrogen-bond acceptors (Lipinski definition) is 5. The van der Waals surface area contributed by atoms with E-state index in [1.807, 2.05) is 6.92 Å². The number of amides is 1. The maximum absolute atomic E-state index is 13.0. The highest BCUT2D eigenvalue weighted by Gasteiger charge is 2.31. The van der Waals surface area contributed by atoms with Crippen molar-refractivity contribution >= 4 is 27.6 Å². The summed E-state index contributed by atoms with van der Waals surface area (Å²) in [6.07, 6.45) is 2.94. The smallest absolute Gasteiger partial charge is 0.310 e. The highest BCUT2D eigenvalue weighted by molar-refractivity contribution is 7.92. The molecule has 0 N–H and O–H groups in total. The van der Waals surface area contributed by atoms with Crippen molar-refractivity contribution in [2.45, 2.75) is 39.5 Å². The van der Waals surface area contributed by atoms with Crippen LogP contribution >= 0.6 is 0 Å². The molecule has 1 aromatic rings. The van der Waals surface area contributed by atoms with Gasteiger partial charge in [-0.1, -0.05) is 6.07 Å². The number of carbonyl (C=O) groups is 2. The van der Waals surface area contributed by atoms with Crippen LogP contribution in [0.3, 0.4) is 0 Å². The second-order valence-corrected chi connectivity index (χ2v) is 9.45. The summed E-state index contributed by atoms with van der Waals surface area (Å²) in [6, 6.07) is 5.19. The van der Waals surface area contributed by atoms with Crippen molar-refractivity contribution < 1.29 is 22.7 Å².